The van der Waals surface area contributed by atoms with Crippen LogP contribution in [0.3, 0.4) is 0 Å². The number of oxazole rings is 1. The van der Waals surface area contributed by atoms with Crippen LogP contribution in [0, 0.1) is 13.8 Å². The second-order valence-corrected chi connectivity index (χ2v) is 3.49. The molecule has 0 aliphatic carbocycles. The van der Waals surface area contributed by atoms with Gasteiger partial charge in [-0.1, -0.05) is 24.3 Å². The van der Waals surface area contributed by atoms with Crippen LogP contribution < -0.4 is 5.32 Å². The fourth-order valence-corrected chi connectivity index (χ4v) is 1.59. The summed E-state index contributed by atoms with van der Waals surface area (Å²) in [5.74, 6) is 0.841. The number of aryl methyl sites for hydroxylation is 2. The van der Waals surface area contributed by atoms with Crippen molar-refractivity contribution in [3.63, 3.8) is 0 Å². The van der Waals surface area contributed by atoms with E-state index in [9.17, 15) is 0 Å². The number of aromatic nitrogens is 1. The van der Waals surface area contributed by atoms with Gasteiger partial charge in [-0.3, -0.25) is 0 Å². The molecule has 0 atom stereocenters. The third-order valence-corrected chi connectivity index (χ3v) is 2.41. The maximum Gasteiger partial charge on any atom is 0.295 e. The Morgan fingerprint density at radius 3 is 2.53 bits per heavy atom. The topological polar surface area (TPSA) is 38.1 Å². The fourth-order valence-electron chi connectivity index (χ4n) is 1.59. The van der Waals surface area contributed by atoms with Gasteiger partial charge < -0.3 is 9.73 Å². The van der Waals surface area contributed by atoms with Crippen molar-refractivity contribution in [2.75, 3.05) is 12.4 Å². The molecule has 2 rings (SSSR count). The second-order valence-electron chi connectivity index (χ2n) is 3.49. The minimum atomic E-state index is 0.561. The number of anilines is 1. The number of nitrogens with zero attached hydrogens (tertiary/aromatic N) is 1. The SMILES string of the molecule is CNc1nc(-c2ccccc2C)c(C)o1. The monoisotopic (exact) mass is 202 g/mol. The summed E-state index contributed by atoms with van der Waals surface area (Å²) in [6.45, 7) is 4.00. The van der Waals surface area contributed by atoms with Crippen molar-refractivity contribution in [3.05, 3.63) is 35.6 Å². The van der Waals surface area contributed by atoms with E-state index >= 15 is 0 Å². The largest absolute Gasteiger partial charge is 0.428 e. The van der Waals surface area contributed by atoms with Crippen LogP contribution in [0.1, 0.15) is 11.3 Å². The van der Waals surface area contributed by atoms with Gasteiger partial charge in [0.2, 0.25) is 0 Å². The minimum Gasteiger partial charge on any atom is -0.428 e. The maximum atomic E-state index is 5.45. The average molecular weight is 202 g/mol. The minimum absolute atomic E-state index is 0.561. The standard InChI is InChI=1S/C12H14N2O/c1-8-6-4-5-7-10(8)11-9(2)15-12(13-3)14-11/h4-7H,1-3H3,(H,13,14). The van der Waals surface area contributed by atoms with Crippen molar-refractivity contribution < 1.29 is 4.42 Å². The molecule has 2 aromatic rings. The van der Waals surface area contributed by atoms with Gasteiger partial charge in [0.1, 0.15) is 11.5 Å². The van der Waals surface area contributed by atoms with E-state index in [1.807, 2.05) is 19.1 Å². The zero-order valence-corrected chi connectivity index (χ0v) is 9.16. The quantitative estimate of drug-likeness (QED) is 0.813. The Hall–Kier alpha value is -1.77. The smallest absolute Gasteiger partial charge is 0.295 e. The molecule has 0 unspecified atom stereocenters. The summed E-state index contributed by atoms with van der Waals surface area (Å²) >= 11 is 0. The van der Waals surface area contributed by atoms with Gasteiger partial charge in [0.05, 0.1) is 0 Å². The molecule has 3 heteroatoms. The van der Waals surface area contributed by atoms with Gasteiger partial charge in [-0.25, -0.2) is 0 Å². The first kappa shape index (κ1) is 9.77. The molecule has 15 heavy (non-hydrogen) atoms. The van der Waals surface area contributed by atoms with Gasteiger partial charge in [0.25, 0.3) is 6.01 Å². The zero-order chi connectivity index (χ0) is 10.8. The Morgan fingerprint density at radius 1 is 1.20 bits per heavy atom. The van der Waals surface area contributed by atoms with Gasteiger partial charge in [-0.05, 0) is 19.4 Å². The summed E-state index contributed by atoms with van der Waals surface area (Å²) in [7, 11) is 1.80. The number of nitrogens with one attached hydrogen (secondary N) is 1. The van der Waals surface area contributed by atoms with E-state index in [1.165, 1.54) is 5.56 Å². The Morgan fingerprint density at radius 2 is 1.93 bits per heavy atom. The Kier molecular flexibility index (Phi) is 2.46. The second kappa shape index (κ2) is 3.77. The van der Waals surface area contributed by atoms with Crippen molar-refractivity contribution in [2.24, 2.45) is 0 Å². The molecule has 0 spiro atoms. The van der Waals surface area contributed by atoms with E-state index in [-0.39, 0.29) is 0 Å². The Labute approximate surface area is 89.1 Å². The van der Waals surface area contributed by atoms with Crippen molar-refractivity contribution in [1.29, 1.82) is 0 Å². The predicted octanol–water partition coefficient (Wildman–Crippen LogP) is 3.00. The van der Waals surface area contributed by atoms with Gasteiger partial charge >= 0.3 is 0 Å². The molecule has 0 saturated heterocycles. The molecule has 1 N–H and O–H groups in total. The Balaban J connectivity index is 2.54. The van der Waals surface area contributed by atoms with Crippen LogP contribution in [-0.2, 0) is 0 Å². The molecule has 78 valence electrons. The zero-order valence-electron chi connectivity index (χ0n) is 9.16. The predicted molar refractivity (Wildman–Crippen MR) is 61.0 cm³/mol. The third kappa shape index (κ3) is 1.73. The van der Waals surface area contributed by atoms with E-state index in [0.717, 1.165) is 17.0 Å². The van der Waals surface area contributed by atoms with E-state index in [1.54, 1.807) is 7.05 Å². The average Bonchev–Trinajstić information content (AvgIpc) is 2.60. The molecule has 1 heterocycles. The highest BCUT2D eigenvalue weighted by molar-refractivity contribution is 5.66. The van der Waals surface area contributed by atoms with E-state index < -0.39 is 0 Å². The molecule has 0 amide bonds. The van der Waals surface area contributed by atoms with Crippen LogP contribution in [0.4, 0.5) is 6.01 Å². The van der Waals surface area contributed by atoms with Crippen molar-refractivity contribution in [2.45, 2.75) is 13.8 Å². The summed E-state index contributed by atoms with van der Waals surface area (Å²) in [5.41, 5.74) is 3.24. The van der Waals surface area contributed by atoms with Crippen molar-refractivity contribution in [1.82, 2.24) is 4.98 Å². The summed E-state index contributed by atoms with van der Waals surface area (Å²) in [6.07, 6.45) is 0. The lowest BCUT2D eigenvalue weighted by atomic mass is 10.1. The first-order chi connectivity index (χ1) is 7.22. The molecule has 0 bridgehead atoms. The lowest BCUT2D eigenvalue weighted by Crippen LogP contribution is -1.88. The lowest BCUT2D eigenvalue weighted by Gasteiger charge is -2.01. The summed E-state index contributed by atoms with van der Waals surface area (Å²) < 4.78 is 5.45. The number of hydrogen-bond donors (Lipinski definition) is 1. The van der Waals surface area contributed by atoms with Gasteiger partial charge in [0.15, 0.2) is 0 Å². The molecular formula is C12H14N2O. The number of rotatable bonds is 2. The summed E-state index contributed by atoms with van der Waals surface area (Å²) in [6, 6.07) is 8.72. The summed E-state index contributed by atoms with van der Waals surface area (Å²) in [4.78, 5) is 4.38. The highest BCUT2D eigenvalue weighted by Crippen LogP contribution is 2.27. The van der Waals surface area contributed by atoms with Crippen molar-refractivity contribution in [3.8, 4) is 11.3 Å². The molecule has 0 aliphatic heterocycles. The first-order valence-corrected chi connectivity index (χ1v) is 4.93. The van der Waals surface area contributed by atoms with Crippen LogP contribution in [0.2, 0.25) is 0 Å². The molecule has 0 saturated carbocycles. The van der Waals surface area contributed by atoms with Crippen LogP contribution in [-0.4, -0.2) is 12.0 Å². The molecule has 1 aromatic carbocycles. The highest BCUT2D eigenvalue weighted by Gasteiger charge is 2.11. The fraction of sp³-hybridized carbons (Fsp3) is 0.250. The highest BCUT2D eigenvalue weighted by atomic mass is 16.4. The van der Waals surface area contributed by atoms with E-state index in [0.29, 0.717) is 6.01 Å². The lowest BCUT2D eigenvalue weighted by molar-refractivity contribution is 0.544. The molecule has 0 fully saturated rings. The van der Waals surface area contributed by atoms with Gasteiger partial charge in [-0.2, -0.15) is 4.98 Å². The maximum absolute atomic E-state index is 5.45. The molecule has 0 radical (unpaired) electrons. The molecule has 1 aromatic heterocycles. The van der Waals surface area contributed by atoms with Gasteiger partial charge in [-0.15, -0.1) is 0 Å². The Bertz CT molecular complexity index is 474. The molecular weight excluding hydrogens is 188 g/mol. The van der Waals surface area contributed by atoms with Crippen LogP contribution >= 0.6 is 0 Å². The third-order valence-electron chi connectivity index (χ3n) is 2.41. The van der Waals surface area contributed by atoms with E-state index in [2.05, 4.69) is 29.4 Å². The van der Waals surface area contributed by atoms with Gasteiger partial charge in [0, 0.05) is 12.6 Å². The normalized spacial score (nSPS) is 10.3. The van der Waals surface area contributed by atoms with Crippen LogP contribution in [0.15, 0.2) is 28.7 Å². The molecule has 3 nitrogen and oxygen atoms in total. The van der Waals surface area contributed by atoms with Crippen LogP contribution in [0.5, 0.6) is 0 Å². The summed E-state index contributed by atoms with van der Waals surface area (Å²) in [5, 5.41) is 2.90. The number of benzene rings is 1. The number of hydrogen-bond acceptors (Lipinski definition) is 3. The first-order valence-electron chi connectivity index (χ1n) is 4.93. The molecule has 0 aliphatic rings. The van der Waals surface area contributed by atoms with Crippen LogP contribution in [0.25, 0.3) is 11.3 Å². The van der Waals surface area contributed by atoms with E-state index in [4.69, 9.17) is 4.42 Å². The van der Waals surface area contributed by atoms with Crippen molar-refractivity contribution >= 4 is 6.01 Å².